The SMILES string of the molecule is O=C(CN1C(=O)OC[C@H]1c1ccccc1)OCc1ccccc1. The standard InChI is InChI=1S/C18H17NO4/c20-17(22-12-14-7-3-1-4-8-14)11-19-16(13-23-18(19)21)15-9-5-2-6-10-15/h1-10,16H,11-13H2/t16-/m0/s1. The minimum absolute atomic E-state index is 0.120. The van der Waals surface area contributed by atoms with E-state index in [4.69, 9.17) is 9.47 Å². The summed E-state index contributed by atoms with van der Waals surface area (Å²) in [7, 11) is 0. The molecule has 0 aromatic heterocycles. The fraction of sp³-hybridized carbons (Fsp3) is 0.222. The van der Waals surface area contributed by atoms with E-state index < -0.39 is 12.1 Å². The number of ether oxygens (including phenoxy) is 2. The smallest absolute Gasteiger partial charge is 0.411 e. The molecular weight excluding hydrogens is 294 g/mol. The first-order valence-electron chi connectivity index (χ1n) is 7.42. The number of nitrogens with zero attached hydrogens (tertiary/aromatic N) is 1. The quantitative estimate of drug-likeness (QED) is 0.797. The summed E-state index contributed by atoms with van der Waals surface area (Å²) in [6.07, 6.45) is -0.490. The molecule has 23 heavy (non-hydrogen) atoms. The summed E-state index contributed by atoms with van der Waals surface area (Å²) in [4.78, 5) is 25.3. The lowest BCUT2D eigenvalue weighted by molar-refractivity contribution is -0.145. The van der Waals surface area contributed by atoms with Crippen LogP contribution >= 0.6 is 0 Å². The van der Waals surface area contributed by atoms with Crippen LogP contribution in [0.3, 0.4) is 0 Å². The van der Waals surface area contributed by atoms with E-state index >= 15 is 0 Å². The molecule has 5 heteroatoms. The van der Waals surface area contributed by atoms with Crippen LogP contribution in [-0.4, -0.2) is 30.1 Å². The van der Waals surface area contributed by atoms with Crippen LogP contribution in [0.15, 0.2) is 60.7 Å². The number of rotatable bonds is 5. The van der Waals surface area contributed by atoms with Crippen LogP contribution in [0.1, 0.15) is 17.2 Å². The summed E-state index contributed by atoms with van der Waals surface area (Å²) in [5.41, 5.74) is 1.85. The van der Waals surface area contributed by atoms with Gasteiger partial charge in [0.2, 0.25) is 0 Å². The van der Waals surface area contributed by atoms with Gasteiger partial charge in [0.05, 0.1) is 6.04 Å². The lowest BCUT2D eigenvalue weighted by Crippen LogP contribution is -2.33. The predicted molar refractivity (Wildman–Crippen MR) is 83.5 cm³/mol. The van der Waals surface area contributed by atoms with Crippen molar-refractivity contribution in [2.75, 3.05) is 13.2 Å². The summed E-state index contributed by atoms with van der Waals surface area (Å²) in [6, 6.07) is 18.7. The fourth-order valence-electron chi connectivity index (χ4n) is 2.50. The molecule has 1 amide bonds. The molecule has 0 aliphatic carbocycles. The first-order chi connectivity index (χ1) is 11.2. The minimum Gasteiger partial charge on any atom is -0.459 e. The molecule has 2 aromatic carbocycles. The van der Waals surface area contributed by atoms with Gasteiger partial charge in [-0.3, -0.25) is 9.69 Å². The summed E-state index contributed by atoms with van der Waals surface area (Å²) in [5, 5.41) is 0. The highest BCUT2D eigenvalue weighted by Crippen LogP contribution is 2.27. The van der Waals surface area contributed by atoms with Crippen LogP contribution in [0.5, 0.6) is 0 Å². The zero-order valence-electron chi connectivity index (χ0n) is 12.6. The molecule has 3 rings (SSSR count). The van der Waals surface area contributed by atoms with Crippen LogP contribution in [0.25, 0.3) is 0 Å². The average Bonchev–Trinajstić information content (AvgIpc) is 2.95. The van der Waals surface area contributed by atoms with Gasteiger partial charge in [0.15, 0.2) is 0 Å². The third-order valence-electron chi connectivity index (χ3n) is 3.70. The maximum absolute atomic E-state index is 12.0. The van der Waals surface area contributed by atoms with Gasteiger partial charge >= 0.3 is 12.1 Å². The lowest BCUT2D eigenvalue weighted by Gasteiger charge is -2.20. The molecule has 0 unspecified atom stereocenters. The molecule has 0 radical (unpaired) electrons. The Bertz CT molecular complexity index is 672. The molecule has 2 aromatic rings. The molecule has 0 bridgehead atoms. The topological polar surface area (TPSA) is 55.8 Å². The second-order valence-corrected chi connectivity index (χ2v) is 5.28. The molecule has 1 fully saturated rings. The van der Waals surface area contributed by atoms with Crippen molar-refractivity contribution in [3.63, 3.8) is 0 Å². The summed E-state index contributed by atoms with van der Waals surface area (Å²) < 4.78 is 10.3. The van der Waals surface area contributed by atoms with Crippen molar-refractivity contribution in [1.29, 1.82) is 0 Å². The average molecular weight is 311 g/mol. The van der Waals surface area contributed by atoms with Gasteiger partial charge in [0, 0.05) is 0 Å². The Labute approximate surface area is 134 Å². The van der Waals surface area contributed by atoms with Gasteiger partial charge in [-0.25, -0.2) is 4.79 Å². The molecule has 1 heterocycles. The van der Waals surface area contributed by atoms with Gasteiger partial charge in [-0.2, -0.15) is 0 Å². The molecule has 1 saturated heterocycles. The maximum atomic E-state index is 12.0. The van der Waals surface area contributed by atoms with Crippen molar-refractivity contribution >= 4 is 12.1 Å². The van der Waals surface area contributed by atoms with Crippen molar-refractivity contribution in [3.8, 4) is 0 Å². The molecular formula is C18H17NO4. The van der Waals surface area contributed by atoms with E-state index in [1.54, 1.807) is 0 Å². The Hall–Kier alpha value is -2.82. The zero-order valence-corrected chi connectivity index (χ0v) is 12.6. The molecule has 1 atom stereocenters. The minimum atomic E-state index is -0.490. The third kappa shape index (κ3) is 3.69. The third-order valence-corrected chi connectivity index (χ3v) is 3.70. The number of esters is 1. The van der Waals surface area contributed by atoms with Gasteiger partial charge in [0.1, 0.15) is 19.8 Å². The molecule has 1 aliphatic heterocycles. The molecule has 0 N–H and O–H groups in total. The van der Waals surface area contributed by atoms with E-state index in [1.165, 1.54) is 4.90 Å². The fourth-order valence-corrected chi connectivity index (χ4v) is 2.50. The van der Waals surface area contributed by atoms with Crippen molar-refractivity contribution in [2.24, 2.45) is 0 Å². The number of hydrogen-bond donors (Lipinski definition) is 0. The lowest BCUT2D eigenvalue weighted by atomic mass is 10.1. The molecule has 118 valence electrons. The molecule has 5 nitrogen and oxygen atoms in total. The van der Waals surface area contributed by atoms with Crippen LogP contribution in [0.2, 0.25) is 0 Å². The first-order valence-corrected chi connectivity index (χ1v) is 7.42. The van der Waals surface area contributed by atoms with E-state index in [0.717, 1.165) is 11.1 Å². The highest BCUT2D eigenvalue weighted by molar-refractivity contribution is 5.79. The van der Waals surface area contributed by atoms with Crippen LogP contribution in [-0.2, 0) is 20.9 Å². The largest absolute Gasteiger partial charge is 0.459 e. The van der Waals surface area contributed by atoms with Crippen LogP contribution < -0.4 is 0 Å². The van der Waals surface area contributed by atoms with E-state index in [0.29, 0.717) is 0 Å². The van der Waals surface area contributed by atoms with Gasteiger partial charge in [-0.05, 0) is 11.1 Å². The van der Waals surface area contributed by atoms with E-state index in [-0.39, 0.29) is 25.8 Å². The van der Waals surface area contributed by atoms with Gasteiger partial charge < -0.3 is 9.47 Å². The zero-order chi connectivity index (χ0) is 16.1. The second-order valence-electron chi connectivity index (χ2n) is 5.28. The van der Waals surface area contributed by atoms with E-state index in [9.17, 15) is 9.59 Å². The Kier molecular flexibility index (Phi) is 4.57. The number of carbonyl (C=O) groups excluding carboxylic acids is 2. The predicted octanol–water partition coefficient (Wildman–Crippen LogP) is 2.92. The Morgan fingerprint density at radius 3 is 2.43 bits per heavy atom. The van der Waals surface area contributed by atoms with E-state index in [1.807, 2.05) is 60.7 Å². The number of cyclic esters (lactones) is 1. The maximum Gasteiger partial charge on any atom is 0.411 e. The number of carbonyl (C=O) groups is 2. The van der Waals surface area contributed by atoms with Crippen molar-refractivity contribution in [1.82, 2.24) is 4.90 Å². The Morgan fingerprint density at radius 1 is 1.09 bits per heavy atom. The number of amides is 1. The van der Waals surface area contributed by atoms with Gasteiger partial charge in [0.25, 0.3) is 0 Å². The van der Waals surface area contributed by atoms with Gasteiger partial charge in [-0.1, -0.05) is 60.7 Å². The summed E-state index contributed by atoms with van der Waals surface area (Å²) in [5.74, 6) is -0.450. The van der Waals surface area contributed by atoms with Crippen molar-refractivity contribution < 1.29 is 19.1 Å². The monoisotopic (exact) mass is 311 g/mol. The molecule has 0 spiro atoms. The van der Waals surface area contributed by atoms with Crippen LogP contribution in [0.4, 0.5) is 4.79 Å². The highest BCUT2D eigenvalue weighted by atomic mass is 16.6. The van der Waals surface area contributed by atoms with Crippen molar-refractivity contribution in [2.45, 2.75) is 12.6 Å². The highest BCUT2D eigenvalue weighted by Gasteiger charge is 2.35. The molecule has 1 aliphatic rings. The normalized spacial score (nSPS) is 17.0. The summed E-state index contributed by atoms with van der Waals surface area (Å²) >= 11 is 0. The Morgan fingerprint density at radius 2 is 1.74 bits per heavy atom. The number of benzene rings is 2. The second kappa shape index (κ2) is 6.96. The summed E-state index contributed by atoms with van der Waals surface area (Å²) in [6.45, 7) is 0.318. The van der Waals surface area contributed by atoms with E-state index in [2.05, 4.69) is 0 Å². The van der Waals surface area contributed by atoms with Crippen molar-refractivity contribution in [3.05, 3.63) is 71.8 Å². The number of hydrogen-bond acceptors (Lipinski definition) is 4. The first kappa shape index (κ1) is 15.1. The molecule has 0 saturated carbocycles. The van der Waals surface area contributed by atoms with Crippen LogP contribution in [0, 0.1) is 0 Å². The Balaban J connectivity index is 1.61. The van der Waals surface area contributed by atoms with Gasteiger partial charge in [-0.15, -0.1) is 0 Å².